The van der Waals surface area contributed by atoms with E-state index in [2.05, 4.69) is 15.6 Å². The van der Waals surface area contributed by atoms with E-state index in [1.807, 2.05) is 73.3 Å². The Kier molecular flexibility index (Phi) is 6.21. The first-order valence-electron chi connectivity index (χ1n) is 10.9. The van der Waals surface area contributed by atoms with Crippen molar-refractivity contribution in [3.05, 3.63) is 60.4 Å². The van der Waals surface area contributed by atoms with Gasteiger partial charge in [0.1, 0.15) is 11.9 Å². The van der Waals surface area contributed by atoms with Crippen molar-refractivity contribution in [3.8, 4) is 0 Å². The number of imidazole rings is 1. The Hall–Kier alpha value is -3.35. The fourth-order valence-corrected chi connectivity index (χ4v) is 4.08. The number of aromatic amines is 1. The zero-order valence-electron chi connectivity index (χ0n) is 18.0. The summed E-state index contributed by atoms with van der Waals surface area (Å²) in [6.07, 6.45) is 1.71. The summed E-state index contributed by atoms with van der Waals surface area (Å²) in [5.41, 5.74) is 2.72. The van der Waals surface area contributed by atoms with Crippen LogP contribution in [0.3, 0.4) is 0 Å². The molecule has 0 radical (unpaired) electrons. The number of benzene rings is 2. The number of hydrogen-bond acceptors (Lipinski definition) is 3. The molecule has 162 valence electrons. The Labute approximate surface area is 182 Å². The van der Waals surface area contributed by atoms with Crippen LogP contribution in [0.5, 0.6) is 0 Å². The van der Waals surface area contributed by atoms with Crippen LogP contribution in [0.2, 0.25) is 0 Å². The van der Waals surface area contributed by atoms with Crippen molar-refractivity contribution in [1.29, 1.82) is 0 Å². The number of urea groups is 1. The van der Waals surface area contributed by atoms with Crippen LogP contribution in [0.1, 0.15) is 38.4 Å². The average Bonchev–Trinajstić information content (AvgIpc) is 3.22. The number of hydrogen-bond donors (Lipinski definition) is 3. The number of nitrogens with zero attached hydrogens (tertiary/aromatic N) is 2. The summed E-state index contributed by atoms with van der Waals surface area (Å²) in [4.78, 5) is 35.6. The van der Waals surface area contributed by atoms with E-state index in [-0.39, 0.29) is 17.9 Å². The lowest BCUT2D eigenvalue weighted by Crippen LogP contribution is -2.53. The maximum atomic E-state index is 13.2. The summed E-state index contributed by atoms with van der Waals surface area (Å²) in [6.45, 7) is 5.22. The molecule has 2 aromatic carbocycles. The Morgan fingerprint density at radius 3 is 2.39 bits per heavy atom. The smallest absolute Gasteiger partial charge is 0.319 e. The van der Waals surface area contributed by atoms with Crippen LogP contribution in [0, 0.1) is 5.92 Å². The van der Waals surface area contributed by atoms with E-state index in [9.17, 15) is 9.59 Å². The van der Waals surface area contributed by atoms with Crippen LogP contribution >= 0.6 is 0 Å². The second-order valence-corrected chi connectivity index (χ2v) is 8.42. The van der Waals surface area contributed by atoms with Crippen LogP contribution in [0.4, 0.5) is 10.5 Å². The minimum atomic E-state index is -0.563. The molecule has 1 saturated heterocycles. The molecule has 3 aromatic rings. The molecule has 0 spiro atoms. The van der Waals surface area contributed by atoms with E-state index in [4.69, 9.17) is 4.98 Å². The number of rotatable bonds is 5. The molecular formula is C24H29N5O2. The summed E-state index contributed by atoms with van der Waals surface area (Å²) in [6, 6.07) is 16.3. The summed E-state index contributed by atoms with van der Waals surface area (Å²) in [5, 5.41) is 5.66. The quantitative estimate of drug-likeness (QED) is 0.581. The third-order valence-corrected chi connectivity index (χ3v) is 5.85. The predicted molar refractivity (Wildman–Crippen MR) is 122 cm³/mol. The first kappa shape index (κ1) is 20.9. The van der Waals surface area contributed by atoms with Gasteiger partial charge < -0.3 is 20.5 Å². The van der Waals surface area contributed by atoms with Gasteiger partial charge in [0.05, 0.1) is 11.0 Å². The Balaban J connectivity index is 1.35. The van der Waals surface area contributed by atoms with Crippen molar-refractivity contribution in [1.82, 2.24) is 20.2 Å². The lowest BCUT2D eigenvalue weighted by Gasteiger charge is -2.34. The number of carbonyl (C=O) groups excluding carboxylic acids is 2. The number of anilines is 1. The average molecular weight is 420 g/mol. The molecule has 3 N–H and O–H groups in total. The minimum absolute atomic E-state index is 0.0119. The first-order chi connectivity index (χ1) is 15.0. The van der Waals surface area contributed by atoms with E-state index in [0.717, 1.165) is 29.7 Å². The number of H-pyrrole nitrogens is 1. The molecule has 0 unspecified atom stereocenters. The molecule has 3 amide bonds. The molecule has 7 heteroatoms. The van der Waals surface area contributed by atoms with Gasteiger partial charge in [-0.3, -0.25) is 4.79 Å². The first-order valence-corrected chi connectivity index (χ1v) is 10.9. The van der Waals surface area contributed by atoms with Gasteiger partial charge in [0, 0.05) is 24.7 Å². The molecule has 0 aliphatic carbocycles. The fourth-order valence-electron chi connectivity index (χ4n) is 4.08. The SMILES string of the molecule is CC(C)[C@@H](NC(=O)Nc1ccccc1)C(=O)N1CCC(c2nc3ccccc3[nH]2)CC1. The Morgan fingerprint density at radius 2 is 1.71 bits per heavy atom. The molecule has 31 heavy (non-hydrogen) atoms. The Bertz CT molecular complexity index is 1010. The number of carbonyl (C=O) groups is 2. The summed E-state index contributed by atoms with van der Waals surface area (Å²) in [5.74, 6) is 1.26. The number of fused-ring (bicyclic) bond motifs is 1. The molecule has 1 aromatic heterocycles. The van der Waals surface area contributed by atoms with E-state index >= 15 is 0 Å². The fraction of sp³-hybridized carbons (Fsp3) is 0.375. The van der Waals surface area contributed by atoms with Crippen LogP contribution in [-0.2, 0) is 4.79 Å². The lowest BCUT2D eigenvalue weighted by atomic mass is 9.94. The van der Waals surface area contributed by atoms with Crippen LogP contribution < -0.4 is 10.6 Å². The lowest BCUT2D eigenvalue weighted by molar-refractivity contribution is -0.135. The molecule has 4 rings (SSSR count). The van der Waals surface area contributed by atoms with E-state index in [1.165, 1.54) is 0 Å². The molecule has 7 nitrogen and oxygen atoms in total. The molecule has 1 aliphatic heterocycles. The van der Waals surface area contributed by atoms with Crippen LogP contribution in [0.25, 0.3) is 11.0 Å². The zero-order chi connectivity index (χ0) is 21.8. The van der Waals surface area contributed by atoms with Crippen molar-refractivity contribution >= 4 is 28.7 Å². The number of amides is 3. The number of likely N-dealkylation sites (tertiary alicyclic amines) is 1. The predicted octanol–water partition coefficient (Wildman–Crippen LogP) is 4.12. The van der Waals surface area contributed by atoms with Gasteiger partial charge in [0.15, 0.2) is 0 Å². The molecular weight excluding hydrogens is 390 g/mol. The molecule has 0 saturated carbocycles. The second-order valence-electron chi connectivity index (χ2n) is 8.42. The highest BCUT2D eigenvalue weighted by Gasteiger charge is 2.32. The standard InChI is InChI=1S/C24H29N5O2/c1-16(2)21(28-24(31)25-18-8-4-3-5-9-18)23(30)29-14-12-17(13-15-29)22-26-19-10-6-7-11-20(19)27-22/h3-11,16-17,21H,12-15H2,1-2H3,(H,26,27)(H2,25,28,31)/t21-/m1/s1. The van der Waals surface area contributed by atoms with E-state index < -0.39 is 6.04 Å². The van der Waals surface area contributed by atoms with Gasteiger partial charge in [-0.2, -0.15) is 0 Å². The van der Waals surface area contributed by atoms with Gasteiger partial charge in [-0.05, 0) is 43.0 Å². The van der Waals surface area contributed by atoms with Crippen molar-refractivity contribution in [2.45, 2.75) is 38.6 Å². The van der Waals surface area contributed by atoms with Gasteiger partial charge >= 0.3 is 6.03 Å². The summed E-state index contributed by atoms with van der Waals surface area (Å²) >= 11 is 0. The van der Waals surface area contributed by atoms with Gasteiger partial charge in [0.2, 0.25) is 5.91 Å². The summed E-state index contributed by atoms with van der Waals surface area (Å²) < 4.78 is 0. The zero-order valence-corrected chi connectivity index (χ0v) is 18.0. The number of nitrogens with one attached hydrogen (secondary N) is 3. The van der Waals surface area contributed by atoms with Crippen LogP contribution in [0.15, 0.2) is 54.6 Å². The van der Waals surface area contributed by atoms with Crippen molar-refractivity contribution in [3.63, 3.8) is 0 Å². The monoisotopic (exact) mass is 419 g/mol. The minimum Gasteiger partial charge on any atom is -0.342 e. The molecule has 1 fully saturated rings. The van der Waals surface area contributed by atoms with Crippen LogP contribution in [-0.4, -0.2) is 45.9 Å². The molecule has 2 heterocycles. The van der Waals surface area contributed by atoms with E-state index in [0.29, 0.717) is 24.7 Å². The number of piperidine rings is 1. The van der Waals surface area contributed by atoms with E-state index in [1.54, 1.807) is 0 Å². The van der Waals surface area contributed by atoms with Gasteiger partial charge in [-0.1, -0.05) is 44.2 Å². The molecule has 1 aliphatic rings. The summed E-state index contributed by atoms with van der Waals surface area (Å²) in [7, 11) is 0. The third-order valence-electron chi connectivity index (χ3n) is 5.85. The number of para-hydroxylation sites is 3. The number of aromatic nitrogens is 2. The van der Waals surface area contributed by atoms with Gasteiger partial charge in [-0.25, -0.2) is 9.78 Å². The van der Waals surface area contributed by atoms with Crippen molar-refractivity contribution in [2.24, 2.45) is 5.92 Å². The van der Waals surface area contributed by atoms with Crippen molar-refractivity contribution in [2.75, 3.05) is 18.4 Å². The molecule has 1 atom stereocenters. The highest BCUT2D eigenvalue weighted by atomic mass is 16.2. The van der Waals surface area contributed by atoms with Crippen molar-refractivity contribution < 1.29 is 9.59 Å². The second kappa shape index (κ2) is 9.20. The van der Waals surface area contributed by atoms with Gasteiger partial charge in [-0.15, -0.1) is 0 Å². The third kappa shape index (κ3) is 4.87. The Morgan fingerprint density at radius 1 is 1.03 bits per heavy atom. The van der Waals surface area contributed by atoms with Gasteiger partial charge in [0.25, 0.3) is 0 Å². The maximum absolute atomic E-state index is 13.2. The highest BCUT2D eigenvalue weighted by Crippen LogP contribution is 2.28. The topological polar surface area (TPSA) is 90.1 Å². The maximum Gasteiger partial charge on any atom is 0.319 e. The molecule has 0 bridgehead atoms. The normalized spacial score (nSPS) is 15.8. The largest absolute Gasteiger partial charge is 0.342 e. The highest BCUT2D eigenvalue weighted by molar-refractivity contribution is 5.93.